The van der Waals surface area contributed by atoms with Crippen molar-refractivity contribution in [3.8, 4) is 11.3 Å². The highest BCUT2D eigenvalue weighted by Gasteiger charge is 2.11. The van der Waals surface area contributed by atoms with Crippen LogP contribution in [0.4, 0.5) is 0 Å². The largest absolute Gasteiger partial charge is 0.359 e. The molecule has 0 aliphatic heterocycles. The van der Waals surface area contributed by atoms with Crippen LogP contribution in [0.2, 0.25) is 0 Å². The van der Waals surface area contributed by atoms with Crippen LogP contribution < -0.4 is 0 Å². The molecule has 3 heteroatoms. The van der Waals surface area contributed by atoms with Gasteiger partial charge < -0.3 is 4.52 Å². The number of rotatable bonds is 2. The molecule has 0 saturated heterocycles. The van der Waals surface area contributed by atoms with E-state index in [1.165, 1.54) is 16.7 Å². The van der Waals surface area contributed by atoms with E-state index in [4.69, 9.17) is 16.1 Å². The van der Waals surface area contributed by atoms with Crippen LogP contribution in [0.5, 0.6) is 0 Å². The second kappa shape index (κ2) is 4.30. The number of halogens is 1. The lowest BCUT2D eigenvalue weighted by molar-refractivity contribution is 0.396. The third-order valence-corrected chi connectivity index (χ3v) is 2.89. The molecule has 0 N–H and O–H groups in total. The van der Waals surface area contributed by atoms with Crippen molar-refractivity contribution in [2.45, 2.75) is 26.7 Å². The standard InChI is InChI=1S/C13H14ClNO/c1-8-4-9(2)13(10(3)5-8)12-6-11(7-14)16-15-12/h4-6H,7H2,1-3H3. The number of aryl methyl sites for hydroxylation is 3. The average Bonchev–Trinajstić information content (AvgIpc) is 2.64. The molecular formula is C13H14ClNO. The minimum absolute atomic E-state index is 0.358. The maximum absolute atomic E-state index is 5.70. The minimum atomic E-state index is 0.358. The molecule has 1 aromatic heterocycles. The van der Waals surface area contributed by atoms with E-state index >= 15 is 0 Å². The van der Waals surface area contributed by atoms with E-state index in [9.17, 15) is 0 Å². The molecule has 0 aliphatic rings. The van der Waals surface area contributed by atoms with Gasteiger partial charge in [0.15, 0.2) is 5.76 Å². The summed E-state index contributed by atoms with van der Waals surface area (Å²) in [4.78, 5) is 0. The maximum atomic E-state index is 5.70. The Labute approximate surface area is 100 Å². The Morgan fingerprint density at radius 3 is 2.25 bits per heavy atom. The predicted molar refractivity (Wildman–Crippen MR) is 65.7 cm³/mol. The first-order chi connectivity index (χ1) is 7.61. The molecule has 0 spiro atoms. The molecule has 1 heterocycles. The molecule has 0 saturated carbocycles. The van der Waals surface area contributed by atoms with E-state index < -0.39 is 0 Å². The summed E-state index contributed by atoms with van der Waals surface area (Å²) in [5.74, 6) is 1.06. The molecule has 84 valence electrons. The summed E-state index contributed by atoms with van der Waals surface area (Å²) in [6.45, 7) is 6.27. The zero-order valence-corrected chi connectivity index (χ0v) is 10.4. The monoisotopic (exact) mass is 235 g/mol. The van der Waals surface area contributed by atoms with E-state index in [1.807, 2.05) is 6.07 Å². The molecule has 16 heavy (non-hydrogen) atoms. The van der Waals surface area contributed by atoms with Gasteiger partial charge in [-0.2, -0.15) is 0 Å². The van der Waals surface area contributed by atoms with E-state index in [-0.39, 0.29) is 0 Å². The highest BCUT2D eigenvalue weighted by molar-refractivity contribution is 6.16. The predicted octanol–water partition coefficient (Wildman–Crippen LogP) is 4.01. The summed E-state index contributed by atoms with van der Waals surface area (Å²) >= 11 is 5.70. The molecule has 1 aromatic carbocycles. The highest BCUT2D eigenvalue weighted by Crippen LogP contribution is 2.28. The second-order valence-corrected chi connectivity index (χ2v) is 4.35. The molecule has 0 radical (unpaired) electrons. The normalized spacial score (nSPS) is 10.8. The lowest BCUT2D eigenvalue weighted by Gasteiger charge is -2.07. The first kappa shape index (κ1) is 11.2. The van der Waals surface area contributed by atoms with Gasteiger partial charge in [0, 0.05) is 11.6 Å². The zero-order valence-electron chi connectivity index (χ0n) is 9.67. The fraction of sp³-hybridized carbons (Fsp3) is 0.308. The van der Waals surface area contributed by atoms with Gasteiger partial charge in [-0.25, -0.2) is 0 Å². The highest BCUT2D eigenvalue weighted by atomic mass is 35.5. The number of alkyl halides is 1. The Kier molecular flexibility index (Phi) is 3.01. The topological polar surface area (TPSA) is 26.0 Å². The molecular weight excluding hydrogens is 222 g/mol. The van der Waals surface area contributed by atoms with Crippen LogP contribution in [0.3, 0.4) is 0 Å². The molecule has 0 bridgehead atoms. The van der Waals surface area contributed by atoms with Crippen molar-refractivity contribution in [3.63, 3.8) is 0 Å². The lowest BCUT2D eigenvalue weighted by Crippen LogP contribution is -1.89. The van der Waals surface area contributed by atoms with Crippen molar-refractivity contribution in [2.24, 2.45) is 0 Å². The third kappa shape index (κ3) is 1.98. The average molecular weight is 236 g/mol. The van der Waals surface area contributed by atoms with Crippen molar-refractivity contribution in [3.05, 3.63) is 40.6 Å². The number of aromatic nitrogens is 1. The maximum Gasteiger partial charge on any atom is 0.152 e. The molecule has 0 amide bonds. The van der Waals surface area contributed by atoms with Crippen LogP contribution in [0.15, 0.2) is 22.7 Å². The van der Waals surface area contributed by atoms with E-state index in [0.717, 1.165) is 11.3 Å². The van der Waals surface area contributed by atoms with Gasteiger partial charge in [0.2, 0.25) is 0 Å². The molecule has 0 unspecified atom stereocenters. The Morgan fingerprint density at radius 1 is 1.12 bits per heavy atom. The van der Waals surface area contributed by atoms with Gasteiger partial charge >= 0.3 is 0 Å². The first-order valence-electron chi connectivity index (χ1n) is 5.21. The molecule has 2 nitrogen and oxygen atoms in total. The van der Waals surface area contributed by atoms with Crippen LogP contribution in [0.1, 0.15) is 22.5 Å². The van der Waals surface area contributed by atoms with Crippen molar-refractivity contribution in [1.82, 2.24) is 5.16 Å². The van der Waals surface area contributed by atoms with Crippen LogP contribution >= 0.6 is 11.6 Å². The van der Waals surface area contributed by atoms with Crippen LogP contribution in [-0.4, -0.2) is 5.16 Å². The van der Waals surface area contributed by atoms with E-state index in [1.54, 1.807) is 0 Å². The summed E-state index contributed by atoms with van der Waals surface area (Å²) in [5, 5.41) is 4.05. The Bertz CT molecular complexity index is 493. The SMILES string of the molecule is Cc1cc(C)c(-c2cc(CCl)on2)c(C)c1. The first-order valence-corrected chi connectivity index (χ1v) is 5.75. The molecule has 0 aliphatic carbocycles. The Hall–Kier alpha value is -1.28. The van der Waals surface area contributed by atoms with Gasteiger partial charge in [-0.15, -0.1) is 11.6 Å². The van der Waals surface area contributed by atoms with Gasteiger partial charge in [0.05, 0.1) is 5.88 Å². The summed E-state index contributed by atoms with van der Waals surface area (Å²) < 4.78 is 5.13. The van der Waals surface area contributed by atoms with Gasteiger partial charge in [-0.3, -0.25) is 0 Å². The Balaban J connectivity index is 2.55. The molecule has 2 aromatic rings. The van der Waals surface area contributed by atoms with Gasteiger partial charge in [-0.1, -0.05) is 22.9 Å². The zero-order chi connectivity index (χ0) is 11.7. The van der Waals surface area contributed by atoms with E-state index in [0.29, 0.717) is 11.6 Å². The van der Waals surface area contributed by atoms with Crippen LogP contribution in [0.25, 0.3) is 11.3 Å². The minimum Gasteiger partial charge on any atom is -0.359 e. The quantitative estimate of drug-likeness (QED) is 0.736. The van der Waals surface area contributed by atoms with Crippen molar-refractivity contribution >= 4 is 11.6 Å². The van der Waals surface area contributed by atoms with Crippen molar-refractivity contribution in [2.75, 3.05) is 0 Å². The number of hydrogen-bond acceptors (Lipinski definition) is 2. The second-order valence-electron chi connectivity index (χ2n) is 4.09. The fourth-order valence-corrected chi connectivity index (χ4v) is 2.20. The van der Waals surface area contributed by atoms with Crippen LogP contribution in [0, 0.1) is 20.8 Å². The number of hydrogen-bond donors (Lipinski definition) is 0. The summed E-state index contributed by atoms with van der Waals surface area (Å²) in [5.41, 5.74) is 5.70. The summed E-state index contributed by atoms with van der Waals surface area (Å²) in [6, 6.07) is 6.20. The number of benzene rings is 1. The summed E-state index contributed by atoms with van der Waals surface area (Å²) in [7, 11) is 0. The summed E-state index contributed by atoms with van der Waals surface area (Å²) in [6.07, 6.45) is 0. The molecule has 2 rings (SSSR count). The smallest absolute Gasteiger partial charge is 0.152 e. The molecule has 0 atom stereocenters. The Morgan fingerprint density at radius 2 is 1.75 bits per heavy atom. The van der Waals surface area contributed by atoms with Gasteiger partial charge in [0.25, 0.3) is 0 Å². The number of nitrogens with zero attached hydrogens (tertiary/aromatic N) is 1. The third-order valence-electron chi connectivity index (χ3n) is 2.62. The van der Waals surface area contributed by atoms with E-state index in [2.05, 4.69) is 38.1 Å². The van der Waals surface area contributed by atoms with Crippen LogP contribution in [-0.2, 0) is 5.88 Å². The fourth-order valence-electron chi connectivity index (χ4n) is 2.08. The van der Waals surface area contributed by atoms with Gasteiger partial charge in [0.1, 0.15) is 5.69 Å². The van der Waals surface area contributed by atoms with Gasteiger partial charge in [-0.05, 0) is 31.9 Å². The van der Waals surface area contributed by atoms with Crippen molar-refractivity contribution in [1.29, 1.82) is 0 Å². The van der Waals surface area contributed by atoms with Crippen molar-refractivity contribution < 1.29 is 4.52 Å². The lowest BCUT2D eigenvalue weighted by atomic mass is 9.97. The molecule has 0 fully saturated rings.